The molecule has 2 unspecified atom stereocenters. The lowest BCUT2D eigenvalue weighted by Gasteiger charge is -2.27. The van der Waals surface area contributed by atoms with E-state index < -0.39 is 46.0 Å². The zero-order valence-electron chi connectivity index (χ0n) is 21.6. The molecule has 0 radical (unpaired) electrons. The van der Waals surface area contributed by atoms with Crippen LogP contribution >= 0.6 is 11.6 Å². The topological polar surface area (TPSA) is 121 Å². The molecule has 39 heavy (non-hydrogen) atoms. The molecule has 0 spiro atoms. The molecule has 0 bridgehead atoms. The molecule has 1 aromatic carbocycles. The lowest BCUT2D eigenvalue weighted by molar-refractivity contribution is -0.158. The highest BCUT2D eigenvalue weighted by Crippen LogP contribution is 2.44. The van der Waals surface area contributed by atoms with E-state index in [4.69, 9.17) is 26.8 Å². The van der Waals surface area contributed by atoms with Crippen molar-refractivity contribution in [1.82, 2.24) is 4.57 Å². The molecule has 11 heteroatoms. The van der Waals surface area contributed by atoms with Gasteiger partial charge in [-0.2, -0.15) is 0 Å². The summed E-state index contributed by atoms with van der Waals surface area (Å²) in [7, 11) is 0. The fraction of sp³-hybridized carbons (Fsp3) is 0.429. The monoisotopic (exact) mass is 557 g/mol. The molecule has 1 aliphatic heterocycles. The maximum atomic E-state index is 15.7. The molecule has 1 saturated heterocycles. The molecule has 1 aromatic heterocycles. The summed E-state index contributed by atoms with van der Waals surface area (Å²) in [6.45, 7) is 3.65. The van der Waals surface area contributed by atoms with E-state index in [0.29, 0.717) is 13.1 Å². The van der Waals surface area contributed by atoms with E-state index in [1.807, 2.05) is 24.3 Å². The van der Waals surface area contributed by atoms with Crippen molar-refractivity contribution in [2.75, 3.05) is 31.2 Å². The maximum Gasteiger partial charge on any atom is 0.328 e. The van der Waals surface area contributed by atoms with E-state index >= 15 is 4.39 Å². The van der Waals surface area contributed by atoms with E-state index in [9.17, 15) is 19.2 Å². The number of hydrogen-bond donors (Lipinski definition) is 1. The number of nitrogens with zero attached hydrogens (tertiary/aromatic N) is 2. The molecule has 2 atom stereocenters. The van der Waals surface area contributed by atoms with Gasteiger partial charge in [0, 0.05) is 31.2 Å². The third kappa shape index (κ3) is 4.65. The molecule has 3 aliphatic rings. The quantitative estimate of drug-likeness (QED) is 0.298. The van der Waals surface area contributed by atoms with Crippen LogP contribution in [0, 0.1) is 17.7 Å². The minimum absolute atomic E-state index is 0.0375. The number of halogens is 2. The van der Waals surface area contributed by atoms with Crippen molar-refractivity contribution in [1.29, 1.82) is 0 Å². The number of carbonyl (C=O) groups is 3. The summed E-state index contributed by atoms with van der Waals surface area (Å²) in [5.74, 6) is -6.06. The largest absolute Gasteiger partial charge is 0.465 e. The van der Waals surface area contributed by atoms with E-state index in [0.717, 1.165) is 18.9 Å². The van der Waals surface area contributed by atoms with Gasteiger partial charge in [-0.3, -0.25) is 19.2 Å². The third-order valence-electron chi connectivity index (χ3n) is 7.45. The van der Waals surface area contributed by atoms with Gasteiger partial charge < -0.3 is 24.7 Å². The summed E-state index contributed by atoms with van der Waals surface area (Å²) in [5.41, 5.74) is 5.04. The van der Waals surface area contributed by atoms with Crippen LogP contribution in [0.3, 0.4) is 0 Å². The van der Waals surface area contributed by atoms with Crippen LogP contribution in [0.25, 0.3) is 10.9 Å². The lowest BCUT2D eigenvalue weighted by atomic mass is 9.85. The second-order valence-corrected chi connectivity index (χ2v) is 10.5. The van der Waals surface area contributed by atoms with Crippen molar-refractivity contribution < 1.29 is 28.2 Å². The Morgan fingerprint density at radius 2 is 1.85 bits per heavy atom. The molecule has 9 nitrogen and oxygen atoms in total. The van der Waals surface area contributed by atoms with Crippen LogP contribution in [-0.4, -0.2) is 54.1 Å². The Bertz CT molecular complexity index is 1480. The number of Topliss-reactive ketones (excluding diaryl/α,β-unsaturated/α-hetero) is 1. The number of allylic oxidation sites excluding steroid dienone is 2. The van der Waals surface area contributed by atoms with Gasteiger partial charge >= 0.3 is 11.9 Å². The number of hydrogen-bond acceptors (Lipinski definition) is 8. The molecule has 2 heterocycles. The second kappa shape index (κ2) is 10.2. The average molecular weight is 558 g/mol. The SMILES string of the molecule is CCOC(=O)C(C(=O)OCC)C(=O)c1cn(C2CC2)c2c(Cl)c(N3CC4C=CC=CC4(N)C3)c(F)cc2c1=O. The predicted octanol–water partition coefficient (Wildman–Crippen LogP) is 3.31. The molecule has 2 N–H and O–H groups in total. The summed E-state index contributed by atoms with van der Waals surface area (Å²) >= 11 is 6.85. The highest BCUT2D eigenvalue weighted by atomic mass is 35.5. The Morgan fingerprint density at radius 1 is 1.18 bits per heavy atom. The summed E-state index contributed by atoms with van der Waals surface area (Å²) in [6, 6.07) is 0.974. The Hall–Kier alpha value is -3.50. The number of benzene rings is 1. The predicted molar refractivity (Wildman–Crippen MR) is 143 cm³/mol. The Labute approximate surface area is 229 Å². The number of pyridine rings is 1. The van der Waals surface area contributed by atoms with Crippen molar-refractivity contribution >= 4 is 45.9 Å². The first-order valence-corrected chi connectivity index (χ1v) is 13.3. The van der Waals surface area contributed by atoms with Crippen molar-refractivity contribution in [3.05, 3.63) is 63.2 Å². The summed E-state index contributed by atoms with van der Waals surface area (Å²) in [4.78, 5) is 54.0. The minimum Gasteiger partial charge on any atom is -0.465 e. The number of nitrogens with two attached hydrogens (primary N) is 1. The number of esters is 2. The molecule has 2 fully saturated rings. The third-order valence-corrected chi connectivity index (χ3v) is 7.80. The van der Waals surface area contributed by atoms with Gasteiger partial charge in [0.2, 0.25) is 5.92 Å². The molecule has 1 saturated carbocycles. The van der Waals surface area contributed by atoms with E-state index in [1.165, 1.54) is 20.0 Å². The Balaban J connectivity index is 1.64. The van der Waals surface area contributed by atoms with Crippen molar-refractivity contribution in [3.63, 3.8) is 0 Å². The van der Waals surface area contributed by atoms with Crippen LogP contribution in [0.1, 0.15) is 43.1 Å². The number of anilines is 1. The Morgan fingerprint density at radius 3 is 2.44 bits per heavy atom. The molecule has 2 aliphatic carbocycles. The number of fused-ring (bicyclic) bond motifs is 2. The highest BCUT2D eigenvalue weighted by Gasteiger charge is 2.44. The average Bonchev–Trinajstić information content (AvgIpc) is 3.66. The van der Waals surface area contributed by atoms with Crippen LogP contribution in [0.4, 0.5) is 10.1 Å². The minimum atomic E-state index is -1.97. The van der Waals surface area contributed by atoms with Crippen LogP contribution in [0.15, 0.2) is 41.4 Å². The highest BCUT2D eigenvalue weighted by molar-refractivity contribution is 6.38. The number of rotatable bonds is 8. The van der Waals surface area contributed by atoms with Gasteiger partial charge in [0.15, 0.2) is 11.2 Å². The van der Waals surface area contributed by atoms with Crippen LogP contribution in [-0.2, 0) is 19.1 Å². The fourth-order valence-corrected chi connectivity index (χ4v) is 5.80. The molecule has 0 amide bonds. The molecule has 2 aromatic rings. The normalized spacial score (nSPS) is 21.9. The number of ether oxygens (including phenoxy) is 2. The van der Waals surface area contributed by atoms with E-state index in [2.05, 4.69) is 0 Å². The van der Waals surface area contributed by atoms with Crippen molar-refractivity contribution in [2.45, 2.75) is 38.3 Å². The number of aromatic nitrogens is 1. The maximum absolute atomic E-state index is 15.7. The lowest BCUT2D eigenvalue weighted by Crippen LogP contribution is -2.46. The van der Waals surface area contributed by atoms with Crippen LogP contribution in [0.2, 0.25) is 5.02 Å². The zero-order chi connectivity index (χ0) is 28.1. The smallest absolute Gasteiger partial charge is 0.328 e. The van der Waals surface area contributed by atoms with Gasteiger partial charge in [0.25, 0.3) is 0 Å². The van der Waals surface area contributed by atoms with Crippen molar-refractivity contribution in [3.8, 4) is 0 Å². The fourth-order valence-electron chi connectivity index (χ4n) is 5.39. The molecule has 206 valence electrons. The van der Waals surface area contributed by atoms with Gasteiger partial charge in [-0.25, -0.2) is 4.39 Å². The summed E-state index contributed by atoms with van der Waals surface area (Å²) in [6.07, 6.45) is 10.5. The van der Waals surface area contributed by atoms with E-state index in [-0.39, 0.29) is 46.8 Å². The second-order valence-electron chi connectivity index (χ2n) is 10.1. The summed E-state index contributed by atoms with van der Waals surface area (Å²) in [5, 5.41) is -0.0834. The van der Waals surface area contributed by atoms with Crippen molar-refractivity contribution in [2.24, 2.45) is 17.6 Å². The van der Waals surface area contributed by atoms with Gasteiger partial charge in [0.05, 0.1) is 45.9 Å². The van der Waals surface area contributed by atoms with Crippen LogP contribution in [0.5, 0.6) is 0 Å². The van der Waals surface area contributed by atoms with Gasteiger partial charge in [0.1, 0.15) is 5.82 Å². The van der Waals surface area contributed by atoms with Gasteiger partial charge in [-0.05, 0) is 32.8 Å². The first-order valence-electron chi connectivity index (χ1n) is 13.0. The van der Waals surface area contributed by atoms with E-state index in [1.54, 1.807) is 9.47 Å². The standard InChI is InChI=1S/C28H29ClFN3O6/c1-3-38-26(36)20(27(37)39-4-2)25(35)18-13-33(16-8-9-16)22-17(24(18)34)11-19(30)23(21(22)29)32-12-15-7-5-6-10-28(15,31)14-32/h5-7,10-11,13,15-16,20H,3-4,8-9,12,14,31H2,1-2H3. The first-order chi connectivity index (χ1) is 18.6. The molecule has 5 rings (SSSR count). The molecular formula is C28H29ClFN3O6. The Kier molecular flexibility index (Phi) is 7.11. The molecular weight excluding hydrogens is 529 g/mol. The van der Waals surface area contributed by atoms with Gasteiger partial charge in [-0.15, -0.1) is 0 Å². The number of carbonyl (C=O) groups excluding carboxylic acids is 3. The van der Waals surface area contributed by atoms with Crippen LogP contribution < -0.4 is 16.1 Å². The first kappa shape index (κ1) is 27.1. The number of ketones is 1. The zero-order valence-corrected chi connectivity index (χ0v) is 22.4. The summed E-state index contributed by atoms with van der Waals surface area (Å²) < 4.78 is 27.2. The van der Waals surface area contributed by atoms with Gasteiger partial charge in [-0.1, -0.05) is 35.9 Å².